The lowest BCUT2D eigenvalue weighted by molar-refractivity contribution is -0.137. The van der Waals surface area contributed by atoms with Crippen molar-refractivity contribution in [2.24, 2.45) is 0 Å². The summed E-state index contributed by atoms with van der Waals surface area (Å²) in [6.45, 7) is 0. The van der Waals surface area contributed by atoms with Crippen molar-refractivity contribution in [2.75, 3.05) is 16.4 Å². The third kappa shape index (κ3) is 4.90. The van der Waals surface area contributed by atoms with Gasteiger partial charge in [0.15, 0.2) is 0 Å². The Morgan fingerprint density at radius 2 is 1.62 bits per heavy atom. The van der Waals surface area contributed by atoms with Crippen LogP contribution in [-0.2, 0) is 6.18 Å². The number of fused-ring (bicyclic) bond motifs is 1. The van der Waals surface area contributed by atoms with E-state index in [0.29, 0.717) is 11.4 Å². The molecule has 0 spiro atoms. The molecule has 1 heterocycles. The van der Waals surface area contributed by atoms with E-state index in [9.17, 15) is 18.0 Å². The molecule has 32 heavy (non-hydrogen) atoms. The standard InChI is InChI=1S/C21H15ClF3N5O.ClH/c22-17-7-4-14(10-16(17)21(23,24)25)29-20(31)28-13-2-5-15(6-3-13)30-11-27-18-8-1-12(26)9-19(18)30;/h1-11H,26H2,(H2,28,29,31);1H. The number of nitrogens with two attached hydrogens (primary N) is 1. The molecule has 0 fully saturated rings. The number of carbonyl (C=O) groups excluding carboxylic acids is 1. The highest BCUT2D eigenvalue weighted by Gasteiger charge is 2.33. The number of hydrogen-bond acceptors (Lipinski definition) is 3. The zero-order chi connectivity index (χ0) is 22.2. The number of urea groups is 1. The summed E-state index contributed by atoms with van der Waals surface area (Å²) in [5.74, 6) is 0. The van der Waals surface area contributed by atoms with Crippen LogP contribution in [0.4, 0.5) is 35.0 Å². The SMILES string of the molecule is Cl.Nc1ccc2ncn(-c3ccc(NC(=O)Nc4ccc(Cl)c(C(F)(F)F)c4)cc3)c2c1. The molecular weight excluding hydrogens is 466 g/mol. The van der Waals surface area contributed by atoms with Crippen molar-refractivity contribution in [1.29, 1.82) is 0 Å². The fourth-order valence-corrected chi connectivity index (χ4v) is 3.27. The molecule has 11 heteroatoms. The quantitative estimate of drug-likeness (QED) is 0.298. The molecular formula is C21H16Cl2F3N5O. The fourth-order valence-electron chi connectivity index (χ4n) is 3.05. The molecule has 0 aliphatic rings. The molecule has 0 radical (unpaired) electrons. The predicted octanol–water partition coefficient (Wildman–Crippen LogP) is 6.35. The zero-order valence-corrected chi connectivity index (χ0v) is 17.7. The van der Waals surface area contributed by atoms with Gasteiger partial charge in [-0.3, -0.25) is 4.57 Å². The maximum absolute atomic E-state index is 13.0. The van der Waals surface area contributed by atoms with Crippen molar-refractivity contribution in [3.8, 4) is 5.69 Å². The van der Waals surface area contributed by atoms with Gasteiger partial charge in [-0.2, -0.15) is 13.2 Å². The zero-order valence-electron chi connectivity index (χ0n) is 16.2. The monoisotopic (exact) mass is 481 g/mol. The predicted molar refractivity (Wildman–Crippen MR) is 122 cm³/mol. The largest absolute Gasteiger partial charge is 0.417 e. The van der Waals surface area contributed by atoms with Crippen LogP contribution in [-0.4, -0.2) is 15.6 Å². The molecule has 0 atom stereocenters. The first-order valence-corrected chi connectivity index (χ1v) is 9.36. The Kier molecular flexibility index (Phi) is 6.52. The molecule has 2 amide bonds. The van der Waals surface area contributed by atoms with E-state index < -0.39 is 22.8 Å². The first-order chi connectivity index (χ1) is 14.7. The van der Waals surface area contributed by atoms with Crippen molar-refractivity contribution < 1.29 is 18.0 Å². The first kappa shape index (κ1) is 23.2. The Bertz CT molecular complexity index is 1270. The number of amides is 2. The highest BCUT2D eigenvalue weighted by molar-refractivity contribution is 6.31. The van der Waals surface area contributed by atoms with Gasteiger partial charge in [0.25, 0.3) is 0 Å². The smallest absolute Gasteiger partial charge is 0.399 e. The summed E-state index contributed by atoms with van der Waals surface area (Å²) in [4.78, 5) is 16.5. The maximum atomic E-state index is 13.0. The van der Waals surface area contributed by atoms with Crippen LogP contribution in [0.15, 0.2) is 67.0 Å². The number of nitrogens with zero attached hydrogens (tertiary/aromatic N) is 2. The fraction of sp³-hybridized carbons (Fsp3) is 0.0476. The minimum Gasteiger partial charge on any atom is -0.399 e. The van der Waals surface area contributed by atoms with Gasteiger partial charge in [-0.25, -0.2) is 9.78 Å². The van der Waals surface area contributed by atoms with E-state index in [-0.39, 0.29) is 18.1 Å². The molecule has 4 aromatic rings. The van der Waals surface area contributed by atoms with Crippen molar-refractivity contribution in [2.45, 2.75) is 6.18 Å². The van der Waals surface area contributed by atoms with Crippen LogP contribution < -0.4 is 16.4 Å². The van der Waals surface area contributed by atoms with Gasteiger partial charge in [0.05, 0.1) is 21.6 Å². The Morgan fingerprint density at radius 3 is 2.31 bits per heavy atom. The Hall–Kier alpha value is -3.43. The Morgan fingerprint density at radius 1 is 0.969 bits per heavy atom. The van der Waals surface area contributed by atoms with Crippen LogP contribution in [0.2, 0.25) is 5.02 Å². The Labute approximate surface area is 191 Å². The molecule has 0 aliphatic heterocycles. The Balaban J connectivity index is 0.00000289. The minimum absolute atomic E-state index is 0. The molecule has 0 aliphatic carbocycles. The van der Waals surface area contributed by atoms with Crippen LogP contribution in [0.25, 0.3) is 16.7 Å². The van der Waals surface area contributed by atoms with E-state index in [1.807, 2.05) is 16.7 Å². The maximum Gasteiger partial charge on any atom is 0.417 e. The highest BCUT2D eigenvalue weighted by atomic mass is 35.5. The lowest BCUT2D eigenvalue weighted by atomic mass is 10.2. The summed E-state index contributed by atoms with van der Waals surface area (Å²) in [5, 5.41) is 4.50. The third-order valence-corrected chi connectivity index (χ3v) is 4.83. The van der Waals surface area contributed by atoms with Gasteiger partial charge in [0.2, 0.25) is 0 Å². The second-order valence-electron chi connectivity index (χ2n) is 6.68. The number of aromatic nitrogens is 2. The van der Waals surface area contributed by atoms with E-state index in [1.54, 1.807) is 36.7 Å². The molecule has 6 nitrogen and oxygen atoms in total. The summed E-state index contributed by atoms with van der Waals surface area (Å²) >= 11 is 5.59. The van der Waals surface area contributed by atoms with Gasteiger partial charge in [0, 0.05) is 22.7 Å². The number of alkyl halides is 3. The molecule has 3 aromatic carbocycles. The lowest BCUT2D eigenvalue weighted by Crippen LogP contribution is -2.20. The van der Waals surface area contributed by atoms with E-state index in [4.69, 9.17) is 17.3 Å². The molecule has 0 unspecified atom stereocenters. The van der Waals surface area contributed by atoms with Crippen molar-refractivity contribution in [3.05, 3.63) is 77.6 Å². The summed E-state index contributed by atoms with van der Waals surface area (Å²) in [6, 6.07) is 14.7. The van der Waals surface area contributed by atoms with E-state index in [1.165, 1.54) is 6.07 Å². The number of imidazole rings is 1. The summed E-state index contributed by atoms with van der Waals surface area (Å²) in [7, 11) is 0. The van der Waals surface area contributed by atoms with E-state index in [2.05, 4.69) is 15.6 Å². The van der Waals surface area contributed by atoms with Gasteiger partial charge < -0.3 is 16.4 Å². The summed E-state index contributed by atoms with van der Waals surface area (Å²) in [5.41, 5.74) is 8.28. The molecule has 1 aromatic heterocycles. The summed E-state index contributed by atoms with van der Waals surface area (Å²) < 4.78 is 40.7. The van der Waals surface area contributed by atoms with Crippen LogP contribution in [0.1, 0.15) is 5.56 Å². The van der Waals surface area contributed by atoms with E-state index in [0.717, 1.165) is 28.9 Å². The molecule has 4 N–H and O–H groups in total. The van der Waals surface area contributed by atoms with Gasteiger partial charge in [-0.15, -0.1) is 12.4 Å². The van der Waals surface area contributed by atoms with Gasteiger partial charge in [0.1, 0.15) is 6.33 Å². The molecule has 0 saturated carbocycles. The normalized spacial score (nSPS) is 11.1. The molecule has 0 bridgehead atoms. The highest BCUT2D eigenvalue weighted by Crippen LogP contribution is 2.36. The van der Waals surface area contributed by atoms with Gasteiger partial charge >= 0.3 is 12.2 Å². The summed E-state index contributed by atoms with van der Waals surface area (Å²) in [6.07, 6.45) is -2.96. The lowest BCUT2D eigenvalue weighted by Gasteiger charge is -2.12. The van der Waals surface area contributed by atoms with Crippen LogP contribution in [0.5, 0.6) is 0 Å². The third-order valence-electron chi connectivity index (χ3n) is 4.50. The first-order valence-electron chi connectivity index (χ1n) is 8.98. The molecule has 0 saturated heterocycles. The number of benzene rings is 3. The molecule has 4 rings (SSSR count). The number of nitrogens with one attached hydrogen (secondary N) is 2. The molecule has 166 valence electrons. The van der Waals surface area contributed by atoms with Crippen LogP contribution in [0.3, 0.4) is 0 Å². The number of hydrogen-bond donors (Lipinski definition) is 3. The topological polar surface area (TPSA) is 85.0 Å². The van der Waals surface area contributed by atoms with Crippen LogP contribution >= 0.6 is 24.0 Å². The minimum atomic E-state index is -4.62. The number of halogens is 5. The number of anilines is 3. The second kappa shape index (κ2) is 8.97. The average molecular weight is 482 g/mol. The van der Waals surface area contributed by atoms with Crippen molar-refractivity contribution in [1.82, 2.24) is 9.55 Å². The van der Waals surface area contributed by atoms with Gasteiger partial charge in [-0.05, 0) is 60.7 Å². The average Bonchev–Trinajstić information content (AvgIpc) is 3.12. The van der Waals surface area contributed by atoms with Gasteiger partial charge in [-0.1, -0.05) is 11.6 Å². The second-order valence-corrected chi connectivity index (χ2v) is 7.09. The van der Waals surface area contributed by atoms with E-state index >= 15 is 0 Å². The number of carbonyl (C=O) groups is 1. The number of nitrogen functional groups attached to an aromatic ring is 1. The number of rotatable bonds is 3. The van der Waals surface area contributed by atoms with Crippen molar-refractivity contribution in [3.63, 3.8) is 0 Å². The van der Waals surface area contributed by atoms with Crippen molar-refractivity contribution >= 4 is 58.1 Å². The van der Waals surface area contributed by atoms with Crippen LogP contribution in [0, 0.1) is 0 Å².